The van der Waals surface area contributed by atoms with Crippen molar-refractivity contribution in [3.8, 4) is 5.75 Å². The molecule has 2 heterocycles. The van der Waals surface area contributed by atoms with E-state index in [4.69, 9.17) is 10.5 Å². The number of nitrogens with two attached hydrogens (primary N) is 1. The van der Waals surface area contributed by atoms with E-state index in [1.807, 2.05) is 6.92 Å². The summed E-state index contributed by atoms with van der Waals surface area (Å²) in [6, 6.07) is 7.03. The molecule has 0 bridgehead atoms. The smallest absolute Gasteiger partial charge is 0.181 e. The van der Waals surface area contributed by atoms with Gasteiger partial charge in [-0.05, 0) is 50.1 Å². The van der Waals surface area contributed by atoms with Gasteiger partial charge in [-0.2, -0.15) is 0 Å². The average molecular weight is 387 g/mol. The van der Waals surface area contributed by atoms with E-state index in [2.05, 4.69) is 4.98 Å². The molecule has 148 valence electrons. The van der Waals surface area contributed by atoms with E-state index in [-0.39, 0.29) is 23.9 Å². The van der Waals surface area contributed by atoms with Gasteiger partial charge in [0.1, 0.15) is 23.9 Å². The Balaban J connectivity index is 1.87. The number of Topliss-reactive ketones (excluding diaryl/α,β-unsaturated/α-hetero) is 1. The van der Waals surface area contributed by atoms with Gasteiger partial charge in [0.2, 0.25) is 0 Å². The molecule has 0 radical (unpaired) electrons. The number of fused-ring (bicyclic) bond motifs is 1. The van der Waals surface area contributed by atoms with E-state index in [1.165, 1.54) is 18.2 Å². The number of carbonyl (C=O) groups excluding carboxylic acids is 1. The quantitative estimate of drug-likeness (QED) is 0.592. The summed E-state index contributed by atoms with van der Waals surface area (Å²) in [6.07, 6.45) is 2.80. The van der Waals surface area contributed by atoms with Crippen LogP contribution in [-0.2, 0) is 6.61 Å². The molecule has 0 aliphatic rings. The lowest BCUT2D eigenvalue weighted by Gasteiger charge is -2.10. The molecule has 0 spiro atoms. The number of ether oxygens (including phenoxy) is 1. The molecule has 5 nitrogen and oxygen atoms in total. The van der Waals surface area contributed by atoms with Gasteiger partial charge in [0, 0.05) is 12.6 Å². The van der Waals surface area contributed by atoms with Crippen molar-refractivity contribution >= 4 is 11.4 Å². The topological polar surface area (TPSA) is 69.6 Å². The molecular formula is C21H23F2N3O2. The molecule has 0 aliphatic carbocycles. The van der Waals surface area contributed by atoms with Crippen LogP contribution in [0.1, 0.15) is 41.5 Å². The van der Waals surface area contributed by atoms with Gasteiger partial charge < -0.3 is 10.5 Å². The highest BCUT2D eigenvalue weighted by Gasteiger charge is 2.19. The van der Waals surface area contributed by atoms with Gasteiger partial charge in [-0.25, -0.2) is 13.8 Å². The first-order chi connectivity index (χ1) is 13.4. The fraction of sp³-hybridized carbons (Fsp3) is 0.333. The zero-order valence-corrected chi connectivity index (χ0v) is 15.9. The van der Waals surface area contributed by atoms with Crippen LogP contribution in [0.2, 0.25) is 0 Å². The molecule has 1 aromatic carbocycles. The number of nitrogens with zero attached hydrogens (tertiary/aromatic N) is 2. The van der Waals surface area contributed by atoms with Crippen LogP contribution in [0.25, 0.3) is 5.65 Å². The lowest BCUT2D eigenvalue weighted by Crippen LogP contribution is -2.13. The van der Waals surface area contributed by atoms with E-state index >= 15 is 0 Å². The van der Waals surface area contributed by atoms with E-state index in [0.717, 1.165) is 0 Å². The van der Waals surface area contributed by atoms with Gasteiger partial charge in [0.15, 0.2) is 17.2 Å². The molecule has 0 saturated carbocycles. The molecule has 1 unspecified atom stereocenters. The van der Waals surface area contributed by atoms with Gasteiger partial charge in [-0.1, -0.05) is 13.0 Å². The van der Waals surface area contributed by atoms with Gasteiger partial charge in [0.05, 0.1) is 11.3 Å². The first-order valence-electron chi connectivity index (χ1n) is 9.19. The number of pyridine rings is 1. The number of aromatic nitrogens is 2. The van der Waals surface area contributed by atoms with Crippen molar-refractivity contribution < 1.29 is 18.3 Å². The van der Waals surface area contributed by atoms with Gasteiger partial charge in [0.25, 0.3) is 0 Å². The molecule has 0 saturated heterocycles. The molecule has 0 aliphatic heterocycles. The number of ketones is 1. The molecule has 2 aromatic heterocycles. The third-order valence-electron chi connectivity index (χ3n) is 4.75. The second kappa shape index (κ2) is 8.48. The third-order valence-corrected chi connectivity index (χ3v) is 4.75. The fourth-order valence-corrected chi connectivity index (χ4v) is 3.04. The molecule has 28 heavy (non-hydrogen) atoms. The molecule has 3 aromatic rings. The highest BCUT2D eigenvalue weighted by Crippen LogP contribution is 2.25. The lowest BCUT2D eigenvalue weighted by atomic mass is 10.0. The Morgan fingerprint density at radius 3 is 2.64 bits per heavy atom. The third kappa shape index (κ3) is 4.04. The molecule has 1 atom stereocenters. The SMILES string of the molecule is Cc1nc2c(OCc3c(F)cccc3F)cccn2c1C(=O)CCC(C)CN. The van der Waals surface area contributed by atoms with Crippen LogP contribution in [0.4, 0.5) is 8.78 Å². The van der Waals surface area contributed by atoms with E-state index in [9.17, 15) is 13.6 Å². The summed E-state index contributed by atoms with van der Waals surface area (Å²) in [7, 11) is 0. The minimum atomic E-state index is -0.670. The second-order valence-corrected chi connectivity index (χ2v) is 6.90. The lowest BCUT2D eigenvalue weighted by molar-refractivity contribution is 0.0968. The Morgan fingerprint density at radius 1 is 1.25 bits per heavy atom. The summed E-state index contributed by atoms with van der Waals surface area (Å²) in [5, 5.41) is 0. The Labute approximate surface area is 162 Å². The van der Waals surface area contributed by atoms with Crippen LogP contribution >= 0.6 is 0 Å². The number of imidazole rings is 1. The minimum Gasteiger partial charge on any atom is -0.485 e. The summed E-state index contributed by atoms with van der Waals surface area (Å²) in [5.41, 5.74) is 6.97. The van der Waals surface area contributed by atoms with Crippen molar-refractivity contribution in [3.05, 3.63) is 65.1 Å². The normalized spacial score (nSPS) is 12.3. The molecule has 3 rings (SSSR count). The molecule has 0 fully saturated rings. The maximum atomic E-state index is 13.8. The summed E-state index contributed by atoms with van der Waals surface area (Å²) in [6.45, 7) is 4.01. The first kappa shape index (κ1) is 19.9. The number of hydrogen-bond donors (Lipinski definition) is 1. The molecule has 2 N–H and O–H groups in total. The number of rotatable bonds is 8. The maximum absolute atomic E-state index is 13.8. The summed E-state index contributed by atoms with van der Waals surface area (Å²) < 4.78 is 35.0. The highest BCUT2D eigenvalue weighted by molar-refractivity contribution is 5.96. The van der Waals surface area contributed by atoms with Crippen LogP contribution < -0.4 is 10.5 Å². The predicted octanol–water partition coefficient (Wildman–Crippen LogP) is 4.06. The van der Waals surface area contributed by atoms with E-state index < -0.39 is 11.6 Å². The minimum absolute atomic E-state index is 0.0254. The molecule has 7 heteroatoms. The van der Waals surface area contributed by atoms with Crippen molar-refractivity contribution in [2.75, 3.05) is 6.54 Å². The number of carbonyl (C=O) groups is 1. The van der Waals surface area contributed by atoms with E-state index in [1.54, 1.807) is 29.7 Å². The van der Waals surface area contributed by atoms with Crippen molar-refractivity contribution in [1.29, 1.82) is 0 Å². The number of halogens is 2. The van der Waals surface area contributed by atoms with Crippen molar-refractivity contribution in [1.82, 2.24) is 9.38 Å². The number of hydrogen-bond acceptors (Lipinski definition) is 4. The zero-order chi connectivity index (χ0) is 20.3. The van der Waals surface area contributed by atoms with E-state index in [0.29, 0.717) is 42.2 Å². The zero-order valence-electron chi connectivity index (χ0n) is 15.9. The first-order valence-corrected chi connectivity index (χ1v) is 9.19. The largest absolute Gasteiger partial charge is 0.485 e. The number of benzene rings is 1. The Morgan fingerprint density at radius 2 is 1.96 bits per heavy atom. The summed E-state index contributed by atoms with van der Waals surface area (Å²) in [5.74, 6) is -0.754. The predicted molar refractivity (Wildman–Crippen MR) is 102 cm³/mol. The highest BCUT2D eigenvalue weighted by atomic mass is 19.1. The number of aryl methyl sites for hydroxylation is 1. The van der Waals surface area contributed by atoms with Crippen molar-refractivity contribution in [3.63, 3.8) is 0 Å². The summed E-state index contributed by atoms with van der Waals surface area (Å²) in [4.78, 5) is 17.1. The van der Waals surface area contributed by atoms with Gasteiger partial charge >= 0.3 is 0 Å². The second-order valence-electron chi connectivity index (χ2n) is 6.90. The maximum Gasteiger partial charge on any atom is 0.181 e. The fourth-order valence-electron chi connectivity index (χ4n) is 3.04. The molecular weight excluding hydrogens is 364 g/mol. The van der Waals surface area contributed by atoms with Crippen molar-refractivity contribution in [2.24, 2.45) is 11.7 Å². The monoisotopic (exact) mass is 387 g/mol. The van der Waals surface area contributed by atoms with Crippen LogP contribution in [0, 0.1) is 24.5 Å². The Bertz CT molecular complexity index is 980. The average Bonchev–Trinajstić information content (AvgIpc) is 3.02. The van der Waals surface area contributed by atoms with Gasteiger partial charge in [-0.15, -0.1) is 0 Å². The Hall–Kier alpha value is -2.80. The van der Waals surface area contributed by atoms with Crippen LogP contribution in [0.5, 0.6) is 5.75 Å². The summed E-state index contributed by atoms with van der Waals surface area (Å²) >= 11 is 0. The van der Waals surface area contributed by atoms with Crippen LogP contribution in [-0.4, -0.2) is 21.7 Å². The standard InChI is InChI=1S/C21H23F2N3O2/c1-13(11-24)8-9-18(27)20-14(2)25-21-19(7-4-10-26(20)21)28-12-15-16(22)5-3-6-17(15)23/h3-7,10,13H,8-9,11-12,24H2,1-2H3. The van der Waals surface area contributed by atoms with Crippen LogP contribution in [0.15, 0.2) is 36.5 Å². The Kier molecular flexibility index (Phi) is 6.04. The van der Waals surface area contributed by atoms with Crippen LogP contribution in [0.3, 0.4) is 0 Å². The van der Waals surface area contributed by atoms with Gasteiger partial charge in [-0.3, -0.25) is 9.20 Å². The molecule has 0 amide bonds. The van der Waals surface area contributed by atoms with Crippen molar-refractivity contribution in [2.45, 2.75) is 33.3 Å².